The van der Waals surface area contributed by atoms with E-state index in [-0.39, 0.29) is 0 Å². The molecule has 1 unspecified atom stereocenters. The first-order valence-electron chi connectivity index (χ1n) is 4.71. The maximum Gasteiger partial charge on any atom is 0.0244 e. The molecule has 0 radical (unpaired) electrons. The molecule has 0 aromatic carbocycles. The molecule has 1 nitrogen and oxygen atoms in total. The first-order valence-corrected chi connectivity index (χ1v) is 4.71. The van der Waals surface area contributed by atoms with Gasteiger partial charge in [-0.1, -0.05) is 32.8 Å². The Hall–Kier alpha value is -0.300. The van der Waals surface area contributed by atoms with E-state index < -0.39 is 0 Å². The Kier molecular flexibility index (Phi) is 7.59. The highest BCUT2D eigenvalue weighted by Gasteiger charge is 1.96. The van der Waals surface area contributed by atoms with Crippen molar-refractivity contribution in [2.45, 2.75) is 45.6 Å². The molecule has 0 amide bonds. The zero-order valence-corrected chi connectivity index (χ0v) is 7.90. The second-order valence-electron chi connectivity index (χ2n) is 2.91. The van der Waals surface area contributed by atoms with Crippen molar-refractivity contribution in [2.24, 2.45) is 0 Å². The Labute approximate surface area is 70.9 Å². The fourth-order valence-corrected chi connectivity index (χ4v) is 1.06. The van der Waals surface area contributed by atoms with Gasteiger partial charge in [0.2, 0.25) is 0 Å². The van der Waals surface area contributed by atoms with E-state index in [1.807, 2.05) is 6.08 Å². The molecule has 0 heterocycles. The van der Waals surface area contributed by atoms with Crippen molar-refractivity contribution in [3.05, 3.63) is 12.7 Å². The Morgan fingerprint density at radius 2 is 2.09 bits per heavy atom. The second-order valence-corrected chi connectivity index (χ2v) is 2.91. The van der Waals surface area contributed by atoms with Gasteiger partial charge >= 0.3 is 0 Å². The summed E-state index contributed by atoms with van der Waals surface area (Å²) >= 11 is 0. The Morgan fingerprint density at radius 1 is 1.36 bits per heavy atom. The largest absolute Gasteiger partial charge is 0.311 e. The van der Waals surface area contributed by atoms with Crippen LogP contribution in [-0.4, -0.2) is 12.6 Å². The zero-order chi connectivity index (χ0) is 8.53. The topological polar surface area (TPSA) is 12.0 Å². The lowest BCUT2D eigenvalue weighted by atomic mass is 10.2. The fourth-order valence-electron chi connectivity index (χ4n) is 1.06. The van der Waals surface area contributed by atoms with E-state index in [1.165, 1.54) is 19.3 Å². The van der Waals surface area contributed by atoms with Gasteiger partial charge in [0.25, 0.3) is 0 Å². The van der Waals surface area contributed by atoms with Crippen molar-refractivity contribution in [3.63, 3.8) is 0 Å². The van der Waals surface area contributed by atoms with Crippen LogP contribution >= 0.6 is 0 Å². The summed E-state index contributed by atoms with van der Waals surface area (Å²) in [5, 5.41) is 3.44. The van der Waals surface area contributed by atoms with Crippen LogP contribution < -0.4 is 5.32 Å². The van der Waals surface area contributed by atoms with E-state index in [0.29, 0.717) is 6.04 Å². The zero-order valence-electron chi connectivity index (χ0n) is 7.90. The molecule has 0 bridgehead atoms. The van der Waals surface area contributed by atoms with E-state index >= 15 is 0 Å². The van der Waals surface area contributed by atoms with Crippen molar-refractivity contribution in [2.75, 3.05) is 6.54 Å². The predicted octanol–water partition coefficient (Wildman–Crippen LogP) is 2.73. The lowest BCUT2D eigenvalue weighted by Gasteiger charge is -2.11. The molecule has 0 saturated carbocycles. The molecule has 0 aromatic heterocycles. The maximum absolute atomic E-state index is 3.77. The van der Waals surface area contributed by atoms with Crippen LogP contribution in [0.1, 0.15) is 39.5 Å². The summed E-state index contributed by atoms with van der Waals surface area (Å²) < 4.78 is 0. The lowest BCUT2D eigenvalue weighted by molar-refractivity contribution is 0.549. The van der Waals surface area contributed by atoms with Gasteiger partial charge in [-0.05, 0) is 19.4 Å². The van der Waals surface area contributed by atoms with E-state index in [0.717, 1.165) is 13.0 Å². The number of hydrogen-bond donors (Lipinski definition) is 1. The van der Waals surface area contributed by atoms with Crippen molar-refractivity contribution in [1.82, 2.24) is 5.32 Å². The third-order valence-corrected chi connectivity index (χ3v) is 1.91. The van der Waals surface area contributed by atoms with Crippen LogP contribution in [0.15, 0.2) is 12.7 Å². The number of hydrogen-bond acceptors (Lipinski definition) is 1. The van der Waals surface area contributed by atoms with E-state index in [4.69, 9.17) is 0 Å². The molecule has 1 heteroatoms. The summed E-state index contributed by atoms with van der Waals surface area (Å²) in [7, 11) is 0. The summed E-state index contributed by atoms with van der Waals surface area (Å²) in [6.45, 7) is 9.31. The predicted molar refractivity (Wildman–Crippen MR) is 51.8 cm³/mol. The van der Waals surface area contributed by atoms with Crippen molar-refractivity contribution >= 4 is 0 Å². The average Bonchev–Trinajstić information content (AvgIpc) is 2.05. The molecular formula is C10H21N. The van der Waals surface area contributed by atoms with E-state index in [1.54, 1.807) is 0 Å². The molecule has 0 saturated heterocycles. The van der Waals surface area contributed by atoms with Crippen LogP contribution in [0.4, 0.5) is 0 Å². The van der Waals surface area contributed by atoms with Crippen molar-refractivity contribution < 1.29 is 0 Å². The summed E-state index contributed by atoms with van der Waals surface area (Å²) in [6, 6.07) is 0.520. The van der Waals surface area contributed by atoms with Crippen molar-refractivity contribution in [1.29, 1.82) is 0 Å². The molecule has 11 heavy (non-hydrogen) atoms. The van der Waals surface area contributed by atoms with Gasteiger partial charge in [-0.3, -0.25) is 0 Å². The summed E-state index contributed by atoms with van der Waals surface area (Å²) in [5.74, 6) is 0. The SMILES string of the molecule is C=CC(CC)NCCCCC. The first kappa shape index (κ1) is 10.7. The molecule has 1 atom stereocenters. The average molecular weight is 155 g/mol. The minimum Gasteiger partial charge on any atom is -0.311 e. The van der Waals surface area contributed by atoms with Crippen LogP contribution in [0.2, 0.25) is 0 Å². The molecule has 0 rings (SSSR count). The molecule has 1 N–H and O–H groups in total. The Morgan fingerprint density at radius 3 is 2.55 bits per heavy atom. The molecule has 0 aliphatic carbocycles. The summed E-state index contributed by atoms with van der Waals surface area (Å²) in [5.41, 5.74) is 0. The standard InChI is InChI=1S/C10H21N/c1-4-7-8-9-11-10(5-2)6-3/h5,10-11H,2,4,6-9H2,1,3H3. The number of rotatable bonds is 7. The molecule has 0 aliphatic rings. The molecule has 66 valence electrons. The van der Waals surface area contributed by atoms with E-state index in [9.17, 15) is 0 Å². The number of unbranched alkanes of at least 4 members (excludes halogenated alkanes) is 2. The van der Waals surface area contributed by atoms with E-state index in [2.05, 4.69) is 25.7 Å². The Balaban J connectivity index is 3.14. The minimum absolute atomic E-state index is 0.520. The van der Waals surface area contributed by atoms with Crippen LogP contribution in [0.3, 0.4) is 0 Å². The first-order chi connectivity index (χ1) is 5.35. The monoisotopic (exact) mass is 155 g/mol. The van der Waals surface area contributed by atoms with Gasteiger partial charge in [-0.2, -0.15) is 0 Å². The summed E-state index contributed by atoms with van der Waals surface area (Å²) in [4.78, 5) is 0. The van der Waals surface area contributed by atoms with Gasteiger partial charge in [0.15, 0.2) is 0 Å². The smallest absolute Gasteiger partial charge is 0.0244 e. The van der Waals surface area contributed by atoms with Gasteiger partial charge in [-0.25, -0.2) is 0 Å². The highest BCUT2D eigenvalue weighted by Crippen LogP contribution is 1.95. The van der Waals surface area contributed by atoms with Gasteiger partial charge in [0.05, 0.1) is 0 Å². The summed E-state index contributed by atoms with van der Waals surface area (Å²) in [6.07, 6.45) is 7.07. The van der Waals surface area contributed by atoms with Gasteiger partial charge in [0, 0.05) is 6.04 Å². The highest BCUT2D eigenvalue weighted by atomic mass is 14.9. The second kappa shape index (κ2) is 7.80. The van der Waals surface area contributed by atoms with Gasteiger partial charge in [-0.15, -0.1) is 6.58 Å². The number of nitrogens with one attached hydrogen (secondary N) is 1. The van der Waals surface area contributed by atoms with Crippen LogP contribution in [0.5, 0.6) is 0 Å². The quantitative estimate of drug-likeness (QED) is 0.440. The molecule has 0 spiro atoms. The maximum atomic E-state index is 3.77. The lowest BCUT2D eigenvalue weighted by Crippen LogP contribution is -2.26. The minimum atomic E-state index is 0.520. The highest BCUT2D eigenvalue weighted by molar-refractivity contribution is 4.83. The Bertz CT molecular complexity index is 88.9. The van der Waals surface area contributed by atoms with Crippen LogP contribution in [-0.2, 0) is 0 Å². The third kappa shape index (κ3) is 6.11. The van der Waals surface area contributed by atoms with Crippen LogP contribution in [0.25, 0.3) is 0 Å². The van der Waals surface area contributed by atoms with Crippen molar-refractivity contribution in [3.8, 4) is 0 Å². The fraction of sp³-hybridized carbons (Fsp3) is 0.800. The molecule has 0 aliphatic heterocycles. The van der Waals surface area contributed by atoms with Gasteiger partial charge in [0.1, 0.15) is 0 Å². The van der Waals surface area contributed by atoms with Crippen LogP contribution in [0, 0.1) is 0 Å². The normalized spacial score (nSPS) is 12.9. The molecule has 0 fully saturated rings. The third-order valence-electron chi connectivity index (χ3n) is 1.91. The molecule has 0 aromatic rings. The van der Waals surface area contributed by atoms with Gasteiger partial charge < -0.3 is 5.32 Å². The molecular weight excluding hydrogens is 134 g/mol.